The van der Waals surface area contributed by atoms with Crippen LogP contribution >= 0.6 is 0 Å². The van der Waals surface area contributed by atoms with Crippen LogP contribution in [0.2, 0.25) is 0 Å². The van der Waals surface area contributed by atoms with Gasteiger partial charge >= 0.3 is 0 Å². The first-order valence-corrected chi connectivity index (χ1v) is 10.9. The molecule has 0 unspecified atom stereocenters. The second-order valence-corrected chi connectivity index (χ2v) is 8.51. The molecule has 1 aliphatic heterocycles. The first-order chi connectivity index (χ1) is 14.4. The van der Waals surface area contributed by atoms with Gasteiger partial charge in [0.2, 0.25) is 5.91 Å². The number of aromatic nitrogens is 3. The molecule has 30 heavy (non-hydrogen) atoms. The van der Waals surface area contributed by atoms with Crippen LogP contribution in [-0.4, -0.2) is 33.8 Å². The third kappa shape index (κ3) is 4.04. The van der Waals surface area contributed by atoms with Gasteiger partial charge in [-0.05, 0) is 82.3 Å². The van der Waals surface area contributed by atoms with Gasteiger partial charge in [-0.3, -0.25) is 4.79 Å². The van der Waals surface area contributed by atoms with Crippen molar-refractivity contribution in [1.29, 1.82) is 0 Å². The minimum atomic E-state index is 0.0284. The van der Waals surface area contributed by atoms with Crippen molar-refractivity contribution < 1.29 is 4.79 Å². The van der Waals surface area contributed by atoms with Gasteiger partial charge < -0.3 is 10.2 Å². The highest BCUT2D eigenvalue weighted by Crippen LogP contribution is 2.26. The fourth-order valence-electron chi connectivity index (χ4n) is 4.33. The highest BCUT2D eigenvalue weighted by molar-refractivity contribution is 5.91. The van der Waals surface area contributed by atoms with Gasteiger partial charge in [0.05, 0.1) is 6.20 Å². The van der Waals surface area contributed by atoms with Crippen LogP contribution in [0.1, 0.15) is 56.0 Å². The van der Waals surface area contributed by atoms with Crippen LogP contribution in [-0.2, 0) is 11.2 Å². The lowest BCUT2D eigenvalue weighted by molar-refractivity contribution is -0.116. The molecule has 3 heterocycles. The molecule has 2 aromatic heterocycles. The van der Waals surface area contributed by atoms with E-state index in [1.54, 1.807) is 0 Å². The average Bonchev–Trinajstić information content (AvgIpc) is 3.38. The van der Waals surface area contributed by atoms with E-state index in [0.717, 1.165) is 41.1 Å². The van der Waals surface area contributed by atoms with E-state index >= 15 is 0 Å². The number of nitrogens with zero attached hydrogens (tertiary/aromatic N) is 4. The fraction of sp³-hybridized carbons (Fsp3) is 0.458. The molecule has 0 bridgehead atoms. The maximum Gasteiger partial charge on any atom is 0.224 e. The van der Waals surface area contributed by atoms with Crippen molar-refractivity contribution in [2.45, 2.75) is 59.4 Å². The van der Waals surface area contributed by atoms with Crippen molar-refractivity contribution in [2.24, 2.45) is 0 Å². The number of rotatable bonds is 6. The van der Waals surface area contributed by atoms with Crippen LogP contribution < -0.4 is 10.2 Å². The van der Waals surface area contributed by atoms with E-state index in [2.05, 4.69) is 48.2 Å². The van der Waals surface area contributed by atoms with Crippen LogP contribution in [0.5, 0.6) is 0 Å². The lowest BCUT2D eigenvalue weighted by Crippen LogP contribution is -2.17. The Hall–Kier alpha value is -2.89. The smallest absolute Gasteiger partial charge is 0.224 e. The summed E-state index contributed by atoms with van der Waals surface area (Å²) in [6.07, 6.45) is 5.52. The monoisotopic (exact) mass is 405 g/mol. The van der Waals surface area contributed by atoms with Gasteiger partial charge in [-0.1, -0.05) is 0 Å². The summed E-state index contributed by atoms with van der Waals surface area (Å²) in [4.78, 5) is 19.7. The molecule has 3 aromatic rings. The van der Waals surface area contributed by atoms with Crippen molar-refractivity contribution in [3.05, 3.63) is 47.3 Å². The largest absolute Gasteiger partial charge is 0.372 e. The minimum Gasteiger partial charge on any atom is -0.372 e. The maximum absolute atomic E-state index is 12.5. The Morgan fingerprint density at radius 2 is 1.83 bits per heavy atom. The molecule has 0 radical (unpaired) electrons. The highest BCUT2D eigenvalue weighted by Gasteiger charge is 2.16. The molecular formula is C24H31N5O. The molecule has 6 nitrogen and oxygen atoms in total. The summed E-state index contributed by atoms with van der Waals surface area (Å²) in [5.41, 5.74) is 6.30. The molecule has 1 aliphatic rings. The minimum absolute atomic E-state index is 0.0284. The predicted molar refractivity (Wildman–Crippen MR) is 122 cm³/mol. The van der Waals surface area contributed by atoms with Crippen molar-refractivity contribution in [1.82, 2.24) is 14.8 Å². The molecule has 0 aliphatic carbocycles. The lowest BCUT2D eigenvalue weighted by atomic mass is 10.0. The second-order valence-electron chi connectivity index (χ2n) is 8.51. The van der Waals surface area contributed by atoms with E-state index in [1.807, 2.05) is 29.9 Å². The van der Waals surface area contributed by atoms with Gasteiger partial charge in [0, 0.05) is 48.0 Å². The number of hydrogen-bond donors (Lipinski definition) is 1. The normalized spacial score (nSPS) is 14.1. The molecule has 4 rings (SSSR count). The van der Waals surface area contributed by atoms with Gasteiger partial charge in [-0.25, -0.2) is 9.67 Å². The number of fused-ring (bicyclic) bond motifs is 1. The van der Waals surface area contributed by atoms with Gasteiger partial charge in [0.1, 0.15) is 0 Å². The molecule has 1 saturated heterocycles. The van der Waals surface area contributed by atoms with Crippen LogP contribution in [0.4, 0.5) is 11.4 Å². The van der Waals surface area contributed by atoms with Gasteiger partial charge in [-0.15, -0.1) is 0 Å². The Morgan fingerprint density at radius 3 is 2.50 bits per heavy atom. The van der Waals surface area contributed by atoms with E-state index in [0.29, 0.717) is 12.8 Å². The number of nitrogens with one attached hydrogen (secondary N) is 1. The van der Waals surface area contributed by atoms with E-state index in [-0.39, 0.29) is 11.9 Å². The van der Waals surface area contributed by atoms with Crippen LogP contribution in [0.3, 0.4) is 0 Å². The van der Waals surface area contributed by atoms with Crippen LogP contribution in [0, 0.1) is 13.8 Å². The summed E-state index contributed by atoms with van der Waals surface area (Å²) in [5.74, 6) is 0.0284. The topological polar surface area (TPSA) is 63.1 Å². The van der Waals surface area contributed by atoms with Gasteiger partial charge in [0.15, 0.2) is 5.65 Å². The van der Waals surface area contributed by atoms with Gasteiger partial charge in [-0.2, -0.15) is 5.10 Å². The number of anilines is 2. The number of aryl methyl sites for hydroxylation is 2. The van der Waals surface area contributed by atoms with Crippen LogP contribution in [0.25, 0.3) is 11.0 Å². The zero-order valence-corrected chi connectivity index (χ0v) is 18.4. The van der Waals surface area contributed by atoms with Crippen molar-refractivity contribution in [3.63, 3.8) is 0 Å². The molecule has 158 valence electrons. The quantitative estimate of drug-likeness (QED) is 0.640. The Morgan fingerprint density at radius 1 is 1.13 bits per heavy atom. The molecule has 1 aromatic carbocycles. The first kappa shape index (κ1) is 20.4. The molecule has 1 fully saturated rings. The fourth-order valence-corrected chi connectivity index (χ4v) is 4.33. The molecule has 0 saturated carbocycles. The summed E-state index contributed by atoms with van der Waals surface area (Å²) in [6.45, 7) is 10.6. The van der Waals surface area contributed by atoms with E-state index in [4.69, 9.17) is 4.98 Å². The summed E-state index contributed by atoms with van der Waals surface area (Å²) in [7, 11) is 0. The summed E-state index contributed by atoms with van der Waals surface area (Å²) in [6, 6.07) is 8.45. The summed E-state index contributed by atoms with van der Waals surface area (Å²) < 4.78 is 1.96. The number of hydrogen-bond acceptors (Lipinski definition) is 4. The van der Waals surface area contributed by atoms with Gasteiger partial charge in [0.25, 0.3) is 0 Å². The third-order valence-electron chi connectivity index (χ3n) is 6.05. The molecule has 1 amide bonds. The number of carbonyl (C=O) groups excluding carboxylic acids is 1. The second kappa shape index (κ2) is 8.46. The van der Waals surface area contributed by atoms with Crippen molar-refractivity contribution in [3.8, 4) is 0 Å². The molecule has 0 spiro atoms. The Kier molecular flexibility index (Phi) is 5.75. The predicted octanol–water partition coefficient (Wildman–Crippen LogP) is 4.80. The Balaban J connectivity index is 1.41. The third-order valence-corrected chi connectivity index (χ3v) is 6.05. The SMILES string of the molecule is Cc1nc2c(cnn2C(C)C)c(C)c1CCC(=O)Nc1ccc(N2CCCC2)cc1. The average molecular weight is 406 g/mol. The zero-order chi connectivity index (χ0) is 21.3. The lowest BCUT2D eigenvalue weighted by Gasteiger charge is -2.17. The summed E-state index contributed by atoms with van der Waals surface area (Å²) in [5, 5.41) is 8.60. The zero-order valence-electron chi connectivity index (χ0n) is 18.4. The number of carbonyl (C=O) groups is 1. The van der Waals surface area contributed by atoms with E-state index in [9.17, 15) is 4.79 Å². The Bertz CT molecular complexity index is 1050. The highest BCUT2D eigenvalue weighted by atomic mass is 16.1. The molecule has 1 N–H and O–H groups in total. The number of pyridine rings is 1. The Labute approximate surface area is 178 Å². The van der Waals surface area contributed by atoms with Crippen molar-refractivity contribution in [2.75, 3.05) is 23.3 Å². The first-order valence-electron chi connectivity index (χ1n) is 10.9. The van der Waals surface area contributed by atoms with E-state index < -0.39 is 0 Å². The number of amides is 1. The standard InChI is InChI=1S/C24H31N5O/c1-16(2)29-24-22(15-25-29)17(3)21(18(4)26-24)11-12-23(30)27-19-7-9-20(10-8-19)28-13-5-6-14-28/h7-10,15-16H,5-6,11-14H2,1-4H3,(H,27,30). The number of benzene rings is 1. The summed E-state index contributed by atoms with van der Waals surface area (Å²) >= 11 is 0. The molecule has 6 heteroatoms. The molecular weight excluding hydrogens is 374 g/mol. The maximum atomic E-state index is 12.5. The van der Waals surface area contributed by atoms with Crippen molar-refractivity contribution >= 4 is 28.3 Å². The van der Waals surface area contributed by atoms with E-state index in [1.165, 1.54) is 24.1 Å². The van der Waals surface area contributed by atoms with Crippen LogP contribution in [0.15, 0.2) is 30.5 Å². The molecule has 0 atom stereocenters.